The summed E-state index contributed by atoms with van der Waals surface area (Å²) in [5, 5.41) is 3.06. The van der Waals surface area contributed by atoms with E-state index in [1.807, 2.05) is 0 Å². The number of nitrogens with zero attached hydrogens (tertiary/aromatic N) is 2. The molecule has 168 valence electrons. The third-order valence-electron chi connectivity index (χ3n) is 7.72. The lowest BCUT2D eigenvalue weighted by Crippen LogP contribution is -2.62. The zero-order valence-corrected chi connectivity index (χ0v) is 18.0. The number of hydrogen-bond donors (Lipinski definition) is 2. The molecule has 4 bridgehead atoms. The maximum atomic E-state index is 14.1. The van der Waals surface area contributed by atoms with Crippen LogP contribution in [0, 0.1) is 29.0 Å². The third kappa shape index (κ3) is 3.31. The summed E-state index contributed by atoms with van der Waals surface area (Å²) in [6.07, 6.45) is 4.19. The van der Waals surface area contributed by atoms with Gasteiger partial charge >= 0.3 is 10.2 Å². The van der Waals surface area contributed by atoms with Gasteiger partial charge in [-0.3, -0.25) is 13.9 Å². The molecule has 5 aliphatic rings. The lowest BCUT2D eigenvalue weighted by Gasteiger charge is -2.58. The molecule has 8 nitrogen and oxygen atoms in total. The second kappa shape index (κ2) is 7.16. The number of benzene rings is 1. The molecule has 5 fully saturated rings. The summed E-state index contributed by atoms with van der Waals surface area (Å²) in [6, 6.07) is 5.66. The number of carbonyl (C=O) groups is 2. The van der Waals surface area contributed by atoms with Gasteiger partial charge in [0.1, 0.15) is 5.82 Å². The first-order valence-corrected chi connectivity index (χ1v) is 12.2. The van der Waals surface area contributed by atoms with Crippen molar-refractivity contribution in [2.24, 2.45) is 28.9 Å². The molecule has 2 unspecified atom stereocenters. The van der Waals surface area contributed by atoms with Crippen LogP contribution in [-0.2, 0) is 19.8 Å². The molecule has 0 spiro atoms. The van der Waals surface area contributed by atoms with Crippen LogP contribution in [0.2, 0.25) is 0 Å². The number of para-hydroxylation sites is 1. The van der Waals surface area contributed by atoms with Crippen LogP contribution in [0.15, 0.2) is 24.3 Å². The number of amides is 2. The Morgan fingerprint density at radius 3 is 2.45 bits per heavy atom. The molecule has 1 aliphatic heterocycles. The number of primary amides is 1. The molecular formula is C21H27FN4O4S. The molecular weight excluding hydrogens is 423 g/mol. The normalized spacial score (nSPS) is 36.0. The third-order valence-corrected chi connectivity index (χ3v) is 9.62. The summed E-state index contributed by atoms with van der Waals surface area (Å²) in [4.78, 5) is 24.9. The molecule has 1 saturated heterocycles. The Balaban J connectivity index is 1.26. The smallest absolute Gasteiger partial charge is 0.304 e. The van der Waals surface area contributed by atoms with Gasteiger partial charge in [-0.2, -0.15) is 12.7 Å². The van der Waals surface area contributed by atoms with E-state index in [9.17, 15) is 22.4 Å². The Kier molecular flexibility index (Phi) is 4.78. The van der Waals surface area contributed by atoms with Crippen molar-refractivity contribution in [3.63, 3.8) is 0 Å². The number of nitrogens with two attached hydrogens (primary N) is 1. The fraction of sp³-hybridized carbons (Fsp3) is 0.619. The highest BCUT2D eigenvalue weighted by Crippen LogP contribution is 2.59. The van der Waals surface area contributed by atoms with Crippen molar-refractivity contribution in [3.8, 4) is 0 Å². The van der Waals surface area contributed by atoms with Gasteiger partial charge in [0.15, 0.2) is 0 Å². The van der Waals surface area contributed by atoms with E-state index in [0.717, 1.165) is 27.9 Å². The zero-order valence-electron chi connectivity index (χ0n) is 17.2. The Labute approximate surface area is 181 Å². The molecule has 1 heterocycles. The lowest BCUT2D eigenvalue weighted by atomic mass is 9.47. The lowest BCUT2D eigenvalue weighted by molar-refractivity contribution is -0.147. The SMILES string of the molecule is NC(=O)C12CC3CC(C1)C(NC(=O)CN1CCN(c4ccccc4F)S1(=O)=O)C(C3)C2. The molecule has 10 heteroatoms. The van der Waals surface area contributed by atoms with Gasteiger partial charge in [0.25, 0.3) is 0 Å². The van der Waals surface area contributed by atoms with E-state index >= 15 is 0 Å². The summed E-state index contributed by atoms with van der Waals surface area (Å²) >= 11 is 0. The fourth-order valence-electron chi connectivity index (χ4n) is 6.59. The van der Waals surface area contributed by atoms with E-state index in [1.165, 1.54) is 18.2 Å². The molecule has 2 amide bonds. The topological polar surface area (TPSA) is 113 Å². The minimum atomic E-state index is -3.98. The molecule has 1 aromatic rings. The van der Waals surface area contributed by atoms with Gasteiger partial charge in [-0.25, -0.2) is 4.39 Å². The predicted molar refractivity (Wildman–Crippen MR) is 111 cm³/mol. The molecule has 31 heavy (non-hydrogen) atoms. The Morgan fingerprint density at radius 2 is 1.81 bits per heavy atom. The molecule has 4 saturated carbocycles. The number of halogens is 1. The minimum absolute atomic E-state index is 0.0109. The van der Waals surface area contributed by atoms with Gasteiger partial charge in [-0.1, -0.05) is 12.1 Å². The van der Waals surface area contributed by atoms with Crippen LogP contribution in [0.1, 0.15) is 32.1 Å². The van der Waals surface area contributed by atoms with Crippen LogP contribution in [0.4, 0.5) is 10.1 Å². The molecule has 0 radical (unpaired) electrons. The summed E-state index contributed by atoms with van der Waals surface area (Å²) in [5.74, 6) is -0.320. The van der Waals surface area contributed by atoms with Crippen molar-refractivity contribution in [1.82, 2.24) is 9.62 Å². The van der Waals surface area contributed by atoms with Crippen LogP contribution in [0.3, 0.4) is 0 Å². The van der Waals surface area contributed by atoms with E-state index in [2.05, 4.69) is 5.32 Å². The number of hydrogen-bond acceptors (Lipinski definition) is 4. The summed E-state index contributed by atoms with van der Waals surface area (Å²) in [6.45, 7) is -0.0872. The Morgan fingerprint density at radius 1 is 1.13 bits per heavy atom. The predicted octanol–water partition coefficient (Wildman–Crippen LogP) is 0.989. The first-order valence-electron chi connectivity index (χ1n) is 10.8. The fourth-order valence-corrected chi connectivity index (χ4v) is 8.17. The van der Waals surface area contributed by atoms with Gasteiger partial charge in [0.05, 0.1) is 12.2 Å². The maximum absolute atomic E-state index is 14.1. The highest BCUT2D eigenvalue weighted by Gasteiger charge is 2.58. The monoisotopic (exact) mass is 450 g/mol. The van der Waals surface area contributed by atoms with Gasteiger partial charge < -0.3 is 11.1 Å². The first-order chi connectivity index (χ1) is 14.7. The number of carbonyl (C=O) groups excluding carboxylic acids is 2. The van der Waals surface area contributed by atoms with Gasteiger partial charge in [0, 0.05) is 24.5 Å². The molecule has 1 aromatic carbocycles. The summed E-state index contributed by atoms with van der Waals surface area (Å²) in [5.41, 5.74) is 5.27. The average molecular weight is 451 g/mol. The van der Waals surface area contributed by atoms with Gasteiger partial charge in [-0.05, 0) is 62.0 Å². The maximum Gasteiger partial charge on any atom is 0.304 e. The Bertz CT molecular complexity index is 1020. The molecule has 2 atom stereocenters. The van der Waals surface area contributed by atoms with Crippen LogP contribution >= 0.6 is 0 Å². The van der Waals surface area contributed by atoms with E-state index < -0.39 is 21.4 Å². The average Bonchev–Trinajstić information content (AvgIpc) is 2.98. The molecule has 0 aromatic heterocycles. The quantitative estimate of drug-likeness (QED) is 0.696. The molecule has 6 rings (SSSR count). The van der Waals surface area contributed by atoms with Crippen LogP contribution < -0.4 is 15.4 Å². The van der Waals surface area contributed by atoms with Crippen molar-refractivity contribution in [2.45, 2.75) is 38.1 Å². The minimum Gasteiger partial charge on any atom is -0.369 e. The van der Waals surface area contributed by atoms with Crippen molar-refractivity contribution in [1.29, 1.82) is 0 Å². The van der Waals surface area contributed by atoms with E-state index in [0.29, 0.717) is 18.8 Å². The second-order valence-electron chi connectivity index (χ2n) is 9.57. The van der Waals surface area contributed by atoms with E-state index in [4.69, 9.17) is 5.73 Å². The van der Waals surface area contributed by atoms with E-state index in [1.54, 1.807) is 6.07 Å². The Hall–Kier alpha value is -2.20. The van der Waals surface area contributed by atoms with Crippen molar-refractivity contribution in [3.05, 3.63) is 30.1 Å². The van der Waals surface area contributed by atoms with Crippen LogP contribution in [-0.4, -0.2) is 50.2 Å². The second-order valence-corrected chi connectivity index (χ2v) is 11.4. The number of nitrogens with one attached hydrogen (secondary N) is 1. The largest absolute Gasteiger partial charge is 0.369 e. The van der Waals surface area contributed by atoms with Crippen LogP contribution in [0.5, 0.6) is 0 Å². The summed E-state index contributed by atoms with van der Waals surface area (Å²) in [7, 11) is -3.98. The number of anilines is 1. The zero-order chi connectivity index (χ0) is 22.0. The molecule has 4 aliphatic carbocycles. The van der Waals surface area contributed by atoms with Crippen molar-refractivity contribution < 1.29 is 22.4 Å². The first kappa shape index (κ1) is 20.7. The van der Waals surface area contributed by atoms with Crippen LogP contribution in [0.25, 0.3) is 0 Å². The van der Waals surface area contributed by atoms with Crippen molar-refractivity contribution >= 4 is 27.7 Å². The highest BCUT2D eigenvalue weighted by atomic mass is 32.2. The van der Waals surface area contributed by atoms with Gasteiger partial charge in [-0.15, -0.1) is 0 Å². The highest BCUT2D eigenvalue weighted by molar-refractivity contribution is 7.90. The van der Waals surface area contributed by atoms with Crippen molar-refractivity contribution in [2.75, 3.05) is 23.9 Å². The number of rotatable bonds is 5. The molecule has 3 N–H and O–H groups in total. The van der Waals surface area contributed by atoms with Gasteiger partial charge in [0.2, 0.25) is 11.8 Å². The standard InChI is InChI=1S/C21H27FN4O4S/c22-16-3-1-2-4-17(16)26-6-5-25(31(26,29)30)12-18(27)24-19-14-7-13-8-15(19)11-21(9-13,10-14)20(23)28/h1-4,13-15,19H,5-12H2,(H2,23,28)(H,24,27). The summed E-state index contributed by atoms with van der Waals surface area (Å²) < 4.78 is 42.0. The van der Waals surface area contributed by atoms with E-state index in [-0.39, 0.29) is 55.0 Å².